The van der Waals surface area contributed by atoms with Crippen LogP contribution in [0.15, 0.2) is 59.8 Å². The summed E-state index contributed by atoms with van der Waals surface area (Å²) in [5, 5.41) is 1.38. The van der Waals surface area contributed by atoms with Crippen LogP contribution in [0.1, 0.15) is 5.56 Å². The second kappa shape index (κ2) is 5.44. The van der Waals surface area contributed by atoms with Crippen molar-refractivity contribution in [2.45, 2.75) is 6.54 Å². The van der Waals surface area contributed by atoms with Crippen LogP contribution in [0.5, 0.6) is 0 Å². The summed E-state index contributed by atoms with van der Waals surface area (Å²) in [4.78, 5) is 25.1. The molecule has 23 heavy (non-hydrogen) atoms. The lowest BCUT2D eigenvalue weighted by molar-refractivity contribution is 0.763. The van der Waals surface area contributed by atoms with Gasteiger partial charge in [0.2, 0.25) is 0 Å². The molecule has 0 bridgehead atoms. The number of para-hydroxylation sites is 1. The summed E-state index contributed by atoms with van der Waals surface area (Å²) in [6.07, 6.45) is 4.78. The van der Waals surface area contributed by atoms with E-state index in [0.717, 1.165) is 16.5 Å². The Morgan fingerprint density at radius 3 is 2.78 bits per heavy atom. The normalized spacial score (nSPS) is 11.2. The van der Waals surface area contributed by atoms with Crippen molar-refractivity contribution in [2.24, 2.45) is 0 Å². The fourth-order valence-corrected chi connectivity index (χ4v) is 2.76. The maximum Gasteiger partial charge on any atom is 0.278 e. The quantitative estimate of drug-likeness (QED) is 0.532. The van der Waals surface area contributed by atoms with E-state index in [9.17, 15) is 4.79 Å². The first-order chi connectivity index (χ1) is 11.2. The van der Waals surface area contributed by atoms with Crippen molar-refractivity contribution in [1.29, 1.82) is 0 Å². The highest BCUT2D eigenvalue weighted by molar-refractivity contribution is 6.30. The van der Waals surface area contributed by atoms with Gasteiger partial charge in [-0.1, -0.05) is 29.8 Å². The smallest absolute Gasteiger partial charge is 0.278 e. The Morgan fingerprint density at radius 1 is 1.04 bits per heavy atom. The molecule has 1 aromatic carbocycles. The van der Waals surface area contributed by atoms with Gasteiger partial charge < -0.3 is 4.57 Å². The largest absolute Gasteiger partial charge is 0.309 e. The van der Waals surface area contributed by atoms with Crippen LogP contribution in [0.3, 0.4) is 0 Å². The molecule has 0 unspecified atom stereocenters. The molecule has 0 atom stereocenters. The molecule has 0 N–H and O–H groups in total. The molecule has 4 rings (SSSR count). The third-order valence-corrected chi connectivity index (χ3v) is 4.02. The van der Waals surface area contributed by atoms with Crippen LogP contribution >= 0.6 is 11.6 Å². The Labute approximate surface area is 136 Å². The molecule has 0 amide bonds. The summed E-state index contributed by atoms with van der Waals surface area (Å²) < 4.78 is 1.56. The molecular formula is C17H11ClN4O. The van der Waals surface area contributed by atoms with Gasteiger partial charge in [0.15, 0.2) is 5.52 Å². The molecule has 6 heteroatoms. The van der Waals surface area contributed by atoms with Gasteiger partial charge in [-0.25, -0.2) is 9.97 Å². The molecular weight excluding hydrogens is 312 g/mol. The second-order valence-electron chi connectivity index (χ2n) is 5.17. The highest BCUT2D eigenvalue weighted by atomic mass is 35.5. The standard InChI is InChI=1S/C17H11ClN4O/c18-16-12(9-11-3-1-2-4-13(11)21-16)10-22-8-5-14-15(17(22)23)20-7-6-19-14/h1-9H,10H2. The summed E-state index contributed by atoms with van der Waals surface area (Å²) in [6.45, 7) is 0.335. The minimum atomic E-state index is -0.195. The summed E-state index contributed by atoms with van der Waals surface area (Å²) in [5.41, 5.74) is 2.35. The lowest BCUT2D eigenvalue weighted by Crippen LogP contribution is -2.21. The lowest BCUT2D eigenvalue weighted by atomic mass is 10.1. The van der Waals surface area contributed by atoms with Crippen LogP contribution in [0.25, 0.3) is 21.9 Å². The molecule has 3 aromatic heterocycles. The van der Waals surface area contributed by atoms with Gasteiger partial charge in [-0.2, -0.15) is 0 Å². The number of fused-ring (bicyclic) bond motifs is 2. The minimum Gasteiger partial charge on any atom is -0.309 e. The molecule has 0 aliphatic carbocycles. The maximum atomic E-state index is 12.5. The van der Waals surface area contributed by atoms with Crippen LogP contribution < -0.4 is 5.56 Å². The number of pyridine rings is 2. The van der Waals surface area contributed by atoms with E-state index in [1.54, 1.807) is 23.0 Å². The molecule has 4 aromatic rings. The number of rotatable bonds is 2. The SMILES string of the molecule is O=c1c2nccnc2ccn1Cc1cc2ccccc2nc1Cl. The van der Waals surface area contributed by atoms with Crippen molar-refractivity contribution in [2.75, 3.05) is 0 Å². The van der Waals surface area contributed by atoms with Crippen molar-refractivity contribution >= 4 is 33.5 Å². The summed E-state index contributed by atoms with van der Waals surface area (Å²) >= 11 is 6.27. The molecule has 0 fully saturated rings. The number of hydrogen-bond acceptors (Lipinski definition) is 4. The van der Waals surface area contributed by atoms with Crippen molar-refractivity contribution in [3.05, 3.63) is 76.1 Å². The third-order valence-electron chi connectivity index (χ3n) is 3.69. The van der Waals surface area contributed by atoms with Crippen LogP contribution in [0.4, 0.5) is 0 Å². The zero-order valence-corrected chi connectivity index (χ0v) is 12.7. The first kappa shape index (κ1) is 13.8. The van der Waals surface area contributed by atoms with Gasteiger partial charge >= 0.3 is 0 Å². The monoisotopic (exact) mass is 322 g/mol. The molecule has 5 nitrogen and oxygen atoms in total. The fraction of sp³-hybridized carbons (Fsp3) is 0.0588. The first-order valence-electron chi connectivity index (χ1n) is 7.07. The van der Waals surface area contributed by atoms with Gasteiger partial charge in [-0.15, -0.1) is 0 Å². The molecule has 112 valence electrons. The van der Waals surface area contributed by atoms with Gasteiger partial charge in [-0.3, -0.25) is 9.78 Å². The van der Waals surface area contributed by atoms with Crippen molar-refractivity contribution < 1.29 is 0 Å². The number of aromatic nitrogens is 4. The third kappa shape index (κ3) is 2.45. The molecule has 0 aliphatic rings. The first-order valence-corrected chi connectivity index (χ1v) is 7.44. The van der Waals surface area contributed by atoms with E-state index >= 15 is 0 Å². The molecule has 0 saturated carbocycles. The van der Waals surface area contributed by atoms with E-state index in [1.807, 2.05) is 30.3 Å². The number of halogens is 1. The fourth-order valence-electron chi connectivity index (χ4n) is 2.55. The van der Waals surface area contributed by atoms with Gasteiger partial charge in [0.1, 0.15) is 5.15 Å². The van der Waals surface area contributed by atoms with Gasteiger partial charge in [-0.05, 0) is 18.2 Å². The van der Waals surface area contributed by atoms with E-state index in [-0.39, 0.29) is 5.56 Å². The zero-order valence-electron chi connectivity index (χ0n) is 12.0. The van der Waals surface area contributed by atoms with Crippen molar-refractivity contribution in [3.8, 4) is 0 Å². The number of benzene rings is 1. The van der Waals surface area contributed by atoms with Crippen LogP contribution in [-0.4, -0.2) is 19.5 Å². The van der Waals surface area contributed by atoms with E-state index in [0.29, 0.717) is 22.7 Å². The van der Waals surface area contributed by atoms with E-state index < -0.39 is 0 Å². The number of hydrogen-bond donors (Lipinski definition) is 0. The Morgan fingerprint density at radius 2 is 1.87 bits per heavy atom. The highest BCUT2D eigenvalue weighted by Gasteiger charge is 2.09. The molecule has 3 heterocycles. The van der Waals surface area contributed by atoms with Crippen molar-refractivity contribution in [3.63, 3.8) is 0 Å². The average molecular weight is 323 g/mol. The summed E-state index contributed by atoms with van der Waals surface area (Å²) in [5.74, 6) is 0. The maximum absolute atomic E-state index is 12.5. The minimum absolute atomic E-state index is 0.195. The predicted molar refractivity (Wildman–Crippen MR) is 89.7 cm³/mol. The van der Waals surface area contributed by atoms with E-state index in [2.05, 4.69) is 15.0 Å². The van der Waals surface area contributed by atoms with Crippen LogP contribution in [0, 0.1) is 0 Å². The molecule has 0 spiro atoms. The molecule has 0 radical (unpaired) electrons. The van der Waals surface area contributed by atoms with Gasteiger partial charge in [0.05, 0.1) is 17.6 Å². The lowest BCUT2D eigenvalue weighted by Gasteiger charge is -2.09. The molecule has 0 saturated heterocycles. The van der Waals surface area contributed by atoms with Crippen LogP contribution in [-0.2, 0) is 6.54 Å². The second-order valence-corrected chi connectivity index (χ2v) is 5.53. The van der Waals surface area contributed by atoms with E-state index in [1.165, 1.54) is 6.20 Å². The Balaban J connectivity index is 1.83. The summed E-state index contributed by atoms with van der Waals surface area (Å²) in [6, 6.07) is 11.5. The van der Waals surface area contributed by atoms with Crippen LogP contribution in [0.2, 0.25) is 5.15 Å². The Hall–Kier alpha value is -2.79. The van der Waals surface area contributed by atoms with Gasteiger partial charge in [0.25, 0.3) is 5.56 Å². The molecule has 0 aliphatic heterocycles. The topological polar surface area (TPSA) is 60.7 Å². The zero-order chi connectivity index (χ0) is 15.8. The predicted octanol–water partition coefficient (Wildman–Crippen LogP) is 3.04. The van der Waals surface area contributed by atoms with E-state index in [4.69, 9.17) is 11.6 Å². The van der Waals surface area contributed by atoms with Crippen molar-refractivity contribution in [1.82, 2.24) is 19.5 Å². The van der Waals surface area contributed by atoms with Gasteiger partial charge in [0, 0.05) is 29.5 Å². The average Bonchev–Trinajstić information content (AvgIpc) is 2.58. The Bertz CT molecular complexity index is 1090. The highest BCUT2D eigenvalue weighted by Crippen LogP contribution is 2.21. The summed E-state index contributed by atoms with van der Waals surface area (Å²) in [7, 11) is 0. The Kier molecular flexibility index (Phi) is 3.28. The number of nitrogens with zero attached hydrogens (tertiary/aromatic N) is 4.